The Hall–Kier alpha value is -1.07. The Bertz CT molecular complexity index is 748. The van der Waals surface area contributed by atoms with E-state index < -0.39 is 0 Å². The minimum atomic E-state index is 0. The number of rotatable bonds is 6. The van der Waals surface area contributed by atoms with Gasteiger partial charge in [0.1, 0.15) is 5.01 Å². The monoisotopic (exact) mass is 554 g/mol. The minimum Gasteiger partial charge on any atom is -0.493 e. The summed E-state index contributed by atoms with van der Waals surface area (Å²) in [5.41, 5.74) is 2.13. The average molecular weight is 555 g/mol. The fourth-order valence-corrected chi connectivity index (χ4v) is 3.54. The first-order valence-electron chi connectivity index (χ1n) is 7.76. The SMILES string of the molecule is CN=C(NCc1nc(C)c(C)s1)NCc1cc(OC)c(OC)cc1Br.I. The summed E-state index contributed by atoms with van der Waals surface area (Å²) in [7, 11) is 4.99. The second kappa shape index (κ2) is 10.9. The first kappa shape index (κ1) is 23.0. The molecule has 0 radical (unpaired) electrons. The first-order valence-corrected chi connectivity index (χ1v) is 9.37. The predicted octanol–water partition coefficient (Wildman–Crippen LogP) is 4.02. The lowest BCUT2D eigenvalue weighted by Crippen LogP contribution is -2.36. The van der Waals surface area contributed by atoms with Crippen LogP contribution in [0.15, 0.2) is 21.6 Å². The number of hydrogen-bond acceptors (Lipinski definition) is 5. The van der Waals surface area contributed by atoms with E-state index in [1.54, 1.807) is 32.6 Å². The summed E-state index contributed by atoms with van der Waals surface area (Å²) >= 11 is 5.26. The van der Waals surface area contributed by atoms with Crippen molar-refractivity contribution in [2.75, 3.05) is 21.3 Å². The van der Waals surface area contributed by atoms with E-state index in [2.05, 4.69) is 43.5 Å². The molecule has 0 aliphatic heterocycles. The van der Waals surface area contributed by atoms with Crippen LogP contribution in [0.3, 0.4) is 0 Å². The summed E-state index contributed by atoms with van der Waals surface area (Å²) in [4.78, 5) is 10.0. The number of hydrogen-bond donors (Lipinski definition) is 2. The van der Waals surface area contributed by atoms with Gasteiger partial charge in [0.25, 0.3) is 0 Å². The van der Waals surface area contributed by atoms with E-state index in [4.69, 9.17) is 9.47 Å². The van der Waals surface area contributed by atoms with E-state index in [0.29, 0.717) is 30.5 Å². The highest BCUT2D eigenvalue weighted by Crippen LogP contribution is 2.33. The standard InChI is InChI=1S/C17H23BrN4O2S.HI/c1-10-11(2)25-16(22-10)9-21-17(19-3)20-8-12-6-14(23-4)15(24-5)7-13(12)18;/h6-7H,8-9H2,1-5H3,(H2,19,20,21);1H. The molecule has 0 saturated carbocycles. The molecule has 0 spiro atoms. The summed E-state index contributed by atoms with van der Waals surface area (Å²) in [6, 6.07) is 3.84. The number of guanidine groups is 1. The van der Waals surface area contributed by atoms with Crippen molar-refractivity contribution in [2.45, 2.75) is 26.9 Å². The fourth-order valence-electron chi connectivity index (χ4n) is 2.21. The van der Waals surface area contributed by atoms with Gasteiger partial charge in [0.15, 0.2) is 17.5 Å². The number of methoxy groups -OCH3 is 2. The van der Waals surface area contributed by atoms with Gasteiger partial charge in [0.05, 0.1) is 26.5 Å². The van der Waals surface area contributed by atoms with Crippen molar-refractivity contribution >= 4 is 57.2 Å². The van der Waals surface area contributed by atoms with Gasteiger partial charge >= 0.3 is 0 Å². The van der Waals surface area contributed by atoms with Gasteiger partial charge in [0, 0.05) is 22.9 Å². The lowest BCUT2D eigenvalue weighted by Gasteiger charge is -2.14. The second-order valence-corrected chi connectivity index (χ2v) is 7.47. The van der Waals surface area contributed by atoms with Crippen LogP contribution in [0.4, 0.5) is 0 Å². The highest BCUT2D eigenvalue weighted by molar-refractivity contribution is 14.0. The number of aromatic nitrogens is 1. The van der Waals surface area contributed by atoms with Gasteiger partial charge in [-0.1, -0.05) is 15.9 Å². The van der Waals surface area contributed by atoms with Crippen LogP contribution >= 0.6 is 51.2 Å². The average Bonchev–Trinajstić information content (AvgIpc) is 2.93. The summed E-state index contributed by atoms with van der Waals surface area (Å²) in [6.07, 6.45) is 0. The van der Waals surface area contributed by atoms with Gasteiger partial charge in [-0.3, -0.25) is 4.99 Å². The van der Waals surface area contributed by atoms with Gasteiger partial charge in [-0.2, -0.15) is 0 Å². The van der Waals surface area contributed by atoms with Crippen LogP contribution in [0.1, 0.15) is 21.1 Å². The molecule has 0 saturated heterocycles. The molecule has 1 aromatic carbocycles. The van der Waals surface area contributed by atoms with Crippen molar-refractivity contribution < 1.29 is 9.47 Å². The molecule has 144 valence electrons. The van der Waals surface area contributed by atoms with Gasteiger partial charge in [0.2, 0.25) is 0 Å². The molecule has 1 heterocycles. The van der Waals surface area contributed by atoms with Crippen LogP contribution in [0, 0.1) is 13.8 Å². The zero-order valence-corrected chi connectivity index (χ0v) is 20.2. The Kier molecular flexibility index (Phi) is 9.66. The molecule has 0 aliphatic rings. The van der Waals surface area contributed by atoms with Crippen LogP contribution < -0.4 is 20.1 Å². The summed E-state index contributed by atoms with van der Waals surface area (Å²) < 4.78 is 11.6. The molecule has 0 bridgehead atoms. The lowest BCUT2D eigenvalue weighted by atomic mass is 10.2. The Morgan fingerprint density at radius 1 is 1.15 bits per heavy atom. The molecule has 6 nitrogen and oxygen atoms in total. The molecule has 0 amide bonds. The normalized spacial score (nSPS) is 10.9. The smallest absolute Gasteiger partial charge is 0.191 e. The molecule has 2 aromatic rings. The van der Waals surface area contributed by atoms with Crippen LogP contribution in [-0.2, 0) is 13.1 Å². The third-order valence-corrected chi connectivity index (χ3v) is 5.51. The summed E-state index contributed by atoms with van der Waals surface area (Å²) in [5.74, 6) is 2.10. The zero-order chi connectivity index (χ0) is 18.4. The Balaban J connectivity index is 0.00000338. The number of aliphatic imine (C=N–C) groups is 1. The van der Waals surface area contributed by atoms with Gasteiger partial charge in [-0.05, 0) is 31.5 Å². The van der Waals surface area contributed by atoms with Gasteiger partial charge in [-0.25, -0.2) is 4.98 Å². The third kappa shape index (κ3) is 5.98. The molecule has 0 unspecified atom stereocenters. The summed E-state index contributed by atoms with van der Waals surface area (Å²) in [6.45, 7) is 5.35. The fraction of sp³-hybridized carbons (Fsp3) is 0.412. The number of nitrogens with zero attached hydrogens (tertiary/aromatic N) is 2. The number of benzene rings is 1. The quantitative estimate of drug-likeness (QED) is 0.321. The number of halogens is 2. The van der Waals surface area contributed by atoms with E-state index in [9.17, 15) is 0 Å². The Labute approximate surface area is 184 Å². The topological polar surface area (TPSA) is 67.8 Å². The van der Waals surface area contributed by atoms with Gasteiger partial charge in [-0.15, -0.1) is 35.3 Å². The second-order valence-electron chi connectivity index (χ2n) is 5.33. The van der Waals surface area contributed by atoms with E-state index in [-0.39, 0.29) is 24.0 Å². The van der Waals surface area contributed by atoms with Crippen molar-refractivity contribution in [3.8, 4) is 11.5 Å². The van der Waals surface area contributed by atoms with E-state index in [1.807, 2.05) is 19.1 Å². The maximum atomic E-state index is 5.36. The summed E-state index contributed by atoms with van der Waals surface area (Å²) in [5, 5.41) is 7.63. The largest absolute Gasteiger partial charge is 0.493 e. The molecule has 9 heteroatoms. The van der Waals surface area contributed by atoms with E-state index >= 15 is 0 Å². The first-order chi connectivity index (χ1) is 12.0. The maximum Gasteiger partial charge on any atom is 0.191 e. The zero-order valence-electron chi connectivity index (χ0n) is 15.5. The van der Waals surface area contributed by atoms with Crippen molar-refractivity contribution in [3.05, 3.63) is 37.7 Å². The van der Waals surface area contributed by atoms with Crippen LogP contribution in [0.5, 0.6) is 11.5 Å². The number of nitrogens with one attached hydrogen (secondary N) is 2. The molecule has 0 fully saturated rings. The molecule has 2 N–H and O–H groups in total. The maximum absolute atomic E-state index is 5.36. The number of ether oxygens (including phenoxy) is 2. The predicted molar refractivity (Wildman–Crippen MR) is 121 cm³/mol. The van der Waals surface area contributed by atoms with E-state index in [1.165, 1.54) is 4.88 Å². The van der Waals surface area contributed by atoms with Crippen LogP contribution in [0.2, 0.25) is 0 Å². The molecule has 26 heavy (non-hydrogen) atoms. The number of thiazole rings is 1. The van der Waals surface area contributed by atoms with Gasteiger partial charge < -0.3 is 20.1 Å². The minimum absolute atomic E-state index is 0. The van der Waals surface area contributed by atoms with Crippen LogP contribution in [0.25, 0.3) is 0 Å². The molecular weight excluding hydrogens is 531 g/mol. The number of aryl methyl sites for hydroxylation is 2. The van der Waals surface area contributed by atoms with Crippen molar-refractivity contribution in [3.63, 3.8) is 0 Å². The molecular formula is C17H24BrIN4O2S. The third-order valence-electron chi connectivity index (χ3n) is 3.70. The highest BCUT2D eigenvalue weighted by atomic mass is 127. The van der Waals surface area contributed by atoms with E-state index in [0.717, 1.165) is 20.7 Å². The highest BCUT2D eigenvalue weighted by Gasteiger charge is 2.10. The van der Waals surface area contributed by atoms with Crippen molar-refractivity contribution in [1.29, 1.82) is 0 Å². The molecule has 1 aromatic heterocycles. The van der Waals surface area contributed by atoms with Crippen LogP contribution in [-0.4, -0.2) is 32.2 Å². The molecule has 0 atom stereocenters. The van der Waals surface area contributed by atoms with Crippen molar-refractivity contribution in [2.24, 2.45) is 4.99 Å². The Morgan fingerprint density at radius 2 is 1.77 bits per heavy atom. The molecule has 0 aliphatic carbocycles. The van der Waals surface area contributed by atoms with Crippen molar-refractivity contribution in [1.82, 2.24) is 15.6 Å². The lowest BCUT2D eigenvalue weighted by molar-refractivity contribution is 0.354. The molecule has 2 rings (SSSR count). The Morgan fingerprint density at radius 3 is 2.31 bits per heavy atom.